The van der Waals surface area contributed by atoms with Gasteiger partial charge in [-0.25, -0.2) is 0 Å². The lowest BCUT2D eigenvalue weighted by Crippen LogP contribution is -2.25. The van der Waals surface area contributed by atoms with Crippen molar-refractivity contribution in [1.82, 2.24) is 0 Å². The molecule has 0 bridgehead atoms. The monoisotopic (exact) mass is 170 g/mol. The van der Waals surface area contributed by atoms with E-state index in [1.165, 1.54) is 0 Å². The molecule has 0 aliphatic carbocycles. The van der Waals surface area contributed by atoms with Gasteiger partial charge in [0.1, 0.15) is 7.85 Å². The Morgan fingerprint density at radius 2 is 1.58 bits per heavy atom. The van der Waals surface area contributed by atoms with Crippen LogP contribution in [0.1, 0.15) is 41.0 Å². The van der Waals surface area contributed by atoms with Crippen LogP contribution in [0.4, 0.5) is 0 Å². The fourth-order valence-electron chi connectivity index (χ4n) is 0.736. The third-order valence-electron chi connectivity index (χ3n) is 2.20. The molecule has 72 valence electrons. The molecule has 0 aliphatic heterocycles. The molecule has 0 N–H and O–H groups in total. The average Bonchev–Trinajstić information content (AvgIpc) is 1.84. The Morgan fingerprint density at radius 1 is 1.08 bits per heavy atom. The maximum Gasteiger partial charge on any atom is 0.105 e. The summed E-state index contributed by atoms with van der Waals surface area (Å²) in [7, 11) is 2.16. The Morgan fingerprint density at radius 3 is 1.92 bits per heavy atom. The van der Waals surface area contributed by atoms with Crippen molar-refractivity contribution in [1.29, 1.82) is 0 Å². The highest BCUT2D eigenvalue weighted by atomic mass is 16.5. The predicted octanol–water partition coefficient (Wildman–Crippen LogP) is 2.27. The van der Waals surface area contributed by atoms with E-state index in [1.807, 2.05) is 0 Å². The van der Waals surface area contributed by atoms with Crippen molar-refractivity contribution in [3.8, 4) is 0 Å². The maximum absolute atomic E-state index is 5.75. The fraction of sp³-hybridized carbons (Fsp3) is 1.00. The molecule has 0 aromatic heterocycles. The van der Waals surface area contributed by atoms with Gasteiger partial charge in [-0.2, -0.15) is 0 Å². The second kappa shape index (κ2) is 4.31. The van der Waals surface area contributed by atoms with Crippen molar-refractivity contribution in [2.45, 2.75) is 53.0 Å². The van der Waals surface area contributed by atoms with E-state index in [9.17, 15) is 0 Å². The summed E-state index contributed by atoms with van der Waals surface area (Å²) in [5.74, 6) is 0. The quantitative estimate of drug-likeness (QED) is 0.588. The summed E-state index contributed by atoms with van der Waals surface area (Å²) in [4.78, 5) is 0. The molecule has 0 aromatic carbocycles. The second-order valence-corrected chi connectivity index (χ2v) is 5.27. The minimum absolute atomic E-state index is 0.0608. The van der Waals surface area contributed by atoms with Gasteiger partial charge in [-0.15, -0.1) is 0 Å². The van der Waals surface area contributed by atoms with E-state index >= 15 is 0 Å². The summed E-state index contributed by atoms with van der Waals surface area (Å²) in [5, 5.41) is 0. The van der Waals surface area contributed by atoms with Crippen LogP contribution in [0.25, 0.3) is 0 Å². The molecule has 0 radical (unpaired) electrons. The van der Waals surface area contributed by atoms with Crippen molar-refractivity contribution in [3.63, 3.8) is 0 Å². The van der Waals surface area contributed by atoms with E-state index in [1.54, 1.807) is 0 Å². The van der Waals surface area contributed by atoms with Crippen molar-refractivity contribution in [2.75, 3.05) is 6.61 Å². The summed E-state index contributed by atoms with van der Waals surface area (Å²) >= 11 is 0. The second-order valence-electron chi connectivity index (χ2n) is 5.27. The summed E-state index contributed by atoms with van der Waals surface area (Å²) in [6, 6.07) is 0. The lowest BCUT2D eigenvalue weighted by atomic mass is 9.89. The smallest absolute Gasteiger partial charge is 0.105 e. The van der Waals surface area contributed by atoms with Gasteiger partial charge in [-0.1, -0.05) is 27.1 Å². The molecular formula is C10H23BO. The lowest BCUT2D eigenvalue weighted by molar-refractivity contribution is -0.0134. The van der Waals surface area contributed by atoms with Crippen molar-refractivity contribution in [2.24, 2.45) is 5.41 Å². The summed E-state index contributed by atoms with van der Waals surface area (Å²) in [5.41, 5.74) is 0.453. The Bertz CT molecular complexity index is 124. The standard InChI is InChI=1S/C10H23BO/c1-9(2,3)6-7-12-10(4,5)8-11/h6-8,11H2,1-5H3. The molecule has 0 aliphatic rings. The molecule has 0 rings (SSSR count). The summed E-state index contributed by atoms with van der Waals surface area (Å²) in [6.45, 7) is 11.9. The fourth-order valence-corrected chi connectivity index (χ4v) is 0.736. The highest BCUT2D eigenvalue weighted by Gasteiger charge is 2.17. The van der Waals surface area contributed by atoms with Crippen LogP contribution in [0, 0.1) is 5.41 Å². The Balaban J connectivity index is 3.57. The van der Waals surface area contributed by atoms with E-state index in [2.05, 4.69) is 42.5 Å². The van der Waals surface area contributed by atoms with Crippen molar-refractivity contribution >= 4 is 7.85 Å². The molecule has 1 nitrogen and oxygen atoms in total. The molecule has 2 heteroatoms. The van der Waals surface area contributed by atoms with Crippen LogP contribution in [0.3, 0.4) is 0 Å². The number of hydrogen-bond acceptors (Lipinski definition) is 1. The van der Waals surface area contributed by atoms with Crippen molar-refractivity contribution in [3.05, 3.63) is 0 Å². The molecule has 0 fully saturated rings. The van der Waals surface area contributed by atoms with Crippen LogP contribution >= 0.6 is 0 Å². The molecule has 0 aromatic rings. The number of hydrogen-bond donors (Lipinski definition) is 0. The Kier molecular flexibility index (Phi) is 4.32. The zero-order valence-corrected chi connectivity index (χ0v) is 9.53. The largest absolute Gasteiger partial charge is 0.376 e. The van der Waals surface area contributed by atoms with Crippen LogP contribution in [-0.2, 0) is 4.74 Å². The zero-order chi connectivity index (χ0) is 9.83. The number of ether oxygens (including phenoxy) is 1. The van der Waals surface area contributed by atoms with Gasteiger partial charge in [0.15, 0.2) is 0 Å². The molecule has 0 saturated carbocycles. The van der Waals surface area contributed by atoms with Gasteiger partial charge in [-0.3, -0.25) is 0 Å². The first-order valence-corrected chi connectivity index (χ1v) is 4.91. The minimum atomic E-state index is 0.0608. The molecule has 0 atom stereocenters. The molecule has 0 unspecified atom stereocenters. The van der Waals surface area contributed by atoms with Gasteiger partial charge in [0.05, 0.1) is 5.60 Å². The normalized spacial score (nSPS) is 13.4. The van der Waals surface area contributed by atoms with E-state index in [4.69, 9.17) is 4.74 Å². The molecule has 0 heterocycles. The Labute approximate surface area is 78.3 Å². The molecule has 0 spiro atoms. The molecular weight excluding hydrogens is 147 g/mol. The van der Waals surface area contributed by atoms with Crippen molar-refractivity contribution < 1.29 is 4.74 Å². The molecule has 0 saturated heterocycles. The maximum atomic E-state index is 5.75. The van der Waals surface area contributed by atoms with E-state index in [0.717, 1.165) is 19.3 Å². The van der Waals surface area contributed by atoms with Gasteiger partial charge >= 0.3 is 0 Å². The van der Waals surface area contributed by atoms with Crippen LogP contribution in [0.5, 0.6) is 0 Å². The Hall–Kier alpha value is 0.0249. The topological polar surface area (TPSA) is 9.23 Å². The van der Waals surface area contributed by atoms with Crippen LogP contribution in [-0.4, -0.2) is 20.1 Å². The third kappa shape index (κ3) is 6.72. The van der Waals surface area contributed by atoms with Crippen LogP contribution in [0.15, 0.2) is 0 Å². The van der Waals surface area contributed by atoms with Gasteiger partial charge in [0.25, 0.3) is 0 Å². The highest BCUT2D eigenvalue weighted by molar-refractivity contribution is 6.09. The third-order valence-corrected chi connectivity index (χ3v) is 2.20. The van der Waals surface area contributed by atoms with E-state index < -0.39 is 0 Å². The summed E-state index contributed by atoms with van der Waals surface area (Å²) < 4.78 is 5.75. The highest BCUT2D eigenvalue weighted by Crippen LogP contribution is 2.21. The average molecular weight is 170 g/mol. The van der Waals surface area contributed by atoms with Gasteiger partial charge < -0.3 is 4.74 Å². The summed E-state index contributed by atoms with van der Waals surface area (Å²) in [6.07, 6.45) is 2.22. The van der Waals surface area contributed by atoms with Crippen LogP contribution in [0.2, 0.25) is 6.32 Å². The number of rotatable bonds is 4. The van der Waals surface area contributed by atoms with Gasteiger partial charge in [0, 0.05) is 6.61 Å². The van der Waals surface area contributed by atoms with E-state index in [-0.39, 0.29) is 5.60 Å². The first kappa shape index (κ1) is 12.0. The molecule has 0 amide bonds. The zero-order valence-electron chi connectivity index (χ0n) is 9.53. The first-order chi connectivity index (χ1) is 5.27. The SMILES string of the molecule is BCC(C)(C)OCCC(C)(C)C. The predicted molar refractivity (Wildman–Crippen MR) is 57.5 cm³/mol. The first-order valence-electron chi connectivity index (χ1n) is 4.91. The minimum Gasteiger partial charge on any atom is -0.376 e. The lowest BCUT2D eigenvalue weighted by Gasteiger charge is -2.26. The van der Waals surface area contributed by atoms with Gasteiger partial charge in [0.2, 0.25) is 0 Å². The van der Waals surface area contributed by atoms with E-state index in [0.29, 0.717) is 5.41 Å². The van der Waals surface area contributed by atoms with Crippen LogP contribution < -0.4 is 0 Å². The molecule has 12 heavy (non-hydrogen) atoms. The van der Waals surface area contributed by atoms with Gasteiger partial charge in [-0.05, 0) is 25.7 Å².